The molecule has 1 spiro atoms. The minimum absolute atomic E-state index is 0.0352. The summed E-state index contributed by atoms with van der Waals surface area (Å²) in [5.41, 5.74) is 2.26. The Balaban J connectivity index is 1.35. The molecule has 2 aromatic carbocycles. The van der Waals surface area contributed by atoms with Gasteiger partial charge >= 0.3 is 0 Å². The Morgan fingerprint density at radius 3 is 2.60 bits per heavy atom. The van der Waals surface area contributed by atoms with E-state index in [2.05, 4.69) is 10.6 Å². The number of likely N-dealkylation sites (tertiary alicyclic amines) is 1. The fraction of sp³-hybridized carbons (Fsp3) is 0.318. The summed E-state index contributed by atoms with van der Waals surface area (Å²) in [4.78, 5) is 31.6. The molecule has 30 heavy (non-hydrogen) atoms. The molecular weight excluding hydrogens is 407 g/mol. The number of aryl methyl sites for hydroxylation is 1. The van der Waals surface area contributed by atoms with Gasteiger partial charge in [-0.05, 0) is 25.1 Å². The van der Waals surface area contributed by atoms with E-state index in [0.717, 1.165) is 11.1 Å². The molecule has 0 radical (unpaired) electrons. The number of hydrogen-bond donors (Lipinski definition) is 2. The number of hydrogen-bond acceptors (Lipinski definition) is 4. The van der Waals surface area contributed by atoms with Gasteiger partial charge in [0.2, 0.25) is 5.91 Å². The van der Waals surface area contributed by atoms with Gasteiger partial charge in [-0.15, -0.1) is 0 Å². The lowest BCUT2D eigenvalue weighted by molar-refractivity contribution is -0.119. The first-order valence-electron chi connectivity index (χ1n) is 9.80. The third kappa shape index (κ3) is 4.37. The van der Waals surface area contributed by atoms with Crippen LogP contribution in [0.1, 0.15) is 24.0 Å². The van der Waals surface area contributed by atoms with E-state index in [1.807, 2.05) is 36.1 Å². The summed E-state index contributed by atoms with van der Waals surface area (Å²) in [5.74, 6) is -0.883. The minimum Gasteiger partial charge on any atom is -0.326 e. The zero-order chi connectivity index (χ0) is 21.3. The minimum atomic E-state index is -0.602. The van der Waals surface area contributed by atoms with Gasteiger partial charge in [0, 0.05) is 37.2 Å². The second kappa shape index (κ2) is 8.16. The average Bonchev–Trinajstić information content (AvgIpc) is 3.03. The number of aliphatic imine (C=N–C) groups is 1. The highest BCUT2D eigenvalue weighted by Gasteiger charge is 2.42. The fourth-order valence-electron chi connectivity index (χ4n) is 3.77. The molecule has 2 heterocycles. The highest BCUT2D eigenvalue weighted by atomic mass is 35.5. The number of rotatable bonds is 4. The highest BCUT2D eigenvalue weighted by molar-refractivity contribution is 6.46. The van der Waals surface area contributed by atoms with Crippen LogP contribution in [0.4, 0.5) is 10.1 Å². The summed E-state index contributed by atoms with van der Waals surface area (Å²) in [7, 11) is 0. The molecule has 2 aliphatic heterocycles. The molecule has 0 atom stereocenters. The quantitative estimate of drug-likeness (QED) is 0.785. The third-order valence-corrected chi connectivity index (χ3v) is 5.76. The van der Waals surface area contributed by atoms with Crippen LogP contribution in [0.25, 0.3) is 0 Å². The van der Waals surface area contributed by atoms with Gasteiger partial charge < -0.3 is 10.6 Å². The lowest BCUT2D eigenvalue weighted by atomic mass is 9.98. The first-order valence-corrected chi connectivity index (χ1v) is 10.2. The molecule has 2 aromatic rings. The zero-order valence-corrected chi connectivity index (χ0v) is 17.3. The maximum atomic E-state index is 13.2. The summed E-state index contributed by atoms with van der Waals surface area (Å²) >= 11 is 5.75. The van der Waals surface area contributed by atoms with Crippen LogP contribution in [0.3, 0.4) is 0 Å². The van der Waals surface area contributed by atoms with E-state index in [1.54, 1.807) is 0 Å². The molecule has 0 unspecified atom stereocenters. The van der Waals surface area contributed by atoms with E-state index < -0.39 is 11.5 Å². The summed E-state index contributed by atoms with van der Waals surface area (Å²) in [6, 6.07) is 11.8. The van der Waals surface area contributed by atoms with Gasteiger partial charge in [-0.1, -0.05) is 41.4 Å². The molecule has 0 bridgehead atoms. The molecule has 1 saturated heterocycles. The topological polar surface area (TPSA) is 73.8 Å². The number of anilines is 1. The second-order valence-corrected chi connectivity index (χ2v) is 8.17. The standard InChI is InChI=1S/C22H22ClFN4O2/c1-14-2-4-15(5-3-14)20-21(30)27-22(26-20)8-10-28(11-9-22)13-19(29)25-16-6-7-18(24)17(23)12-16/h2-7,12H,8-11,13H2,1H3,(H,25,29)(H,27,30). The number of amides is 2. The highest BCUT2D eigenvalue weighted by Crippen LogP contribution is 2.29. The Hall–Kier alpha value is -2.77. The van der Waals surface area contributed by atoms with Crippen LogP contribution in [0.2, 0.25) is 5.02 Å². The molecule has 4 rings (SSSR count). The van der Waals surface area contributed by atoms with Crippen molar-refractivity contribution in [2.24, 2.45) is 4.99 Å². The van der Waals surface area contributed by atoms with Crippen LogP contribution < -0.4 is 10.6 Å². The van der Waals surface area contributed by atoms with Gasteiger partial charge in [0.1, 0.15) is 17.2 Å². The lowest BCUT2D eigenvalue weighted by Crippen LogP contribution is -2.52. The van der Waals surface area contributed by atoms with Crippen LogP contribution in [-0.2, 0) is 9.59 Å². The monoisotopic (exact) mass is 428 g/mol. The van der Waals surface area contributed by atoms with Crippen molar-refractivity contribution in [1.82, 2.24) is 10.2 Å². The van der Waals surface area contributed by atoms with E-state index in [1.165, 1.54) is 18.2 Å². The van der Waals surface area contributed by atoms with Gasteiger partial charge in [0.25, 0.3) is 5.91 Å². The van der Waals surface area contributed by atoms with Crippen LogP contribution in [-0.4, -0.2) is 47.7 Å². The van der Waals surface area contributed by atoms with Gasteiger partial charge in [-0.3, -0.25) is 19.5 Å². The van der Waals surface area contributed by atoms with Crippen molar-refractivity contribution in [3.8, 4) is 0 Å². The fourth-order valence-corrected chi connectivity index (χ4v) is 3.95. The van der Waals surface area contributed by atoms with Gasteiger partial charge in [-0.2, -0.15) is 0 Å². The number of halogens is 2. The van der Waals surface area contributed by atoms with Crippen LogP contribution in [0, 0.1) is 12.7 Å². The smallest absolute Gasteiger partial charge is 0.272 e. The van der Waals surface area contributed by atoms with Gasteiger partial charge in [0.15, 0.2) is 0 Å². The SMILES string of the molecule is Cc1ccc(C2=NC3(CCN(CC(=O)Nc4ccc(F)c(Cl)c4)CC3)NC2=O)cc1. The van der Waals surface area contributed by atoms with Crippen molar-refractivity contribution < 1.29 is 14.0 Å². The number of piperidine rings is 1. The second-order valence-electron chi connectivity index (χ2n) is 7.77. The number of nitrogens with zero attached hydrogens (tertiary/aromatic N) is 2. The third-order valence-electron chi connectivity index (χ3n) is 5.47. The van der Waals surface area contributed by atoms with E-state index in [4.69, 9.17) is 16.6 Å². The maximum Gasteiger partial charge on any atom is 0.272 e. The summed E-state index contributed by atoms with van der Waals surface area (Å²) < 4.78 is 13.2. The Labute approximate surface area is 179 Å². The Morgan fingerprint density at radius 1 is 1.23 bits per heavy atom. The van der Waals surface area contributed by atoms with Crippen molar-refractivity contribution in [2.45, 2.75) is 25.4 Å². The van der Waals surface area contributed by atoms with E-state index in [9.17, 15) is 14.0 Å². The maximum absolute atomic E-state index is 13.2. The molecule has 1 fully saturated rings. The molecule has 0 saturated carbocycles. The molecule has 156 valence electrons. The van der Waals surface area contributed by atoms with Gasteiger partial charge in [-0.25, -0.2) is 4.39 Å². The summed E-state index contributed by atoms with van der Waals surface area (Å²) in [6.07, 6.45) is 1.26. The number of nitrogens with one attached hydrogen (secondary N) is 2. The first kappa shape index (κ1) is 20.5. The molecule has 8 heteroatoms. The average molecular weight is 429 g/mol. The summed E-state index contributed by atoms with van der Waals surface area (Å²) in [5, 5.41) is 5.73. The molecule has 0 aliphatic carbocycles. The Morgan fingerprint density at radius 2 is 1.93 bits per heavy atom. The zero-order valence-electron chi connectivity index (χ0n) is 16.5. The number of benzene rings is 2. The lowest BCUT2D eigenvalue weighted by Gasteiger charge is -2.36. The first-order chi connectivity index (χ1) is 14.3. The van der Waals surface area contributed by atoms with Crippen molar-refractivity contribution in [2.75, 3.05) is 25.0 Å². The largest absolute Gasteiger partial charge is 0.326 e. The van der Waals surface area contributed by atoms with Crippen molar-refractivity contribution in [3.05, 3.63) is 64.4 Å². The van der Waals surface area contributed by atoms with E-state index >= 15 is 0 Å². The number of carbonyl (C=O) groups is 2. The Kier molecular flexibility index (Phi) is 5.58. The van der Waals surface area contributed by atoms with Crippen molar-refractivity contribution >= 4 is 34.8 Å². The molecule has 2 aliphatic rings. The molecular formula is C22H22ClFN4O2. The van der Waals surface area contributed by atoms with Crippen LogP contribution >= 0.6 is 11.6 Å². The predicted molar refractivity (Wildman–Crippen MR) is 114 cm³/mol. The Bertz CT molecular complexity index is 1010. The molecule has 2 amide bonds. The van der Waals surface area contributed by atoms with Crippen LogP contribution in [0.5, 0.6) is 0 Å². The van der Waals surface area contributed by atoms with Crippen molar-refractivity contribution in [3.63, 3.8) is 0 Å². The van der Waals surface area contributed by atoms with E-state index in [-0.39, 0.29) is 23.4 Å². The van der Waals surface area contributed by atoms with E-state index in [0.29, 0.717) is 37.3 Å². The predicted octanol–water partition coefficient (Wildman–Crippen LogP) is 3.14. The van der Waals surface area contributed by atoms with Crippen molar-refractivity contribution in [1.29, 1.82) is 0 Å². The van der Waals surface area contributed by atoms with Crippen LogP contribution in [0.15, 0.2) is 47.5 Å². The molecule has 6 nitrogen and oxygen atoms in total. The normalized spacial score (nSPS) is 18.2. The van der Waals surface area contributed by atoms with Gasteiger partial charge in [0.05, 0.1) is 11.6 Å². The number of carbonyl (C=O) groups excluding carboxylic acids is 2. The molecule has 2 N–H and O–H groups in total. The summed E-state index contributed by atoms with van der Waals surface area (Å²) in [6.45, 7) is 3.46. The molecule has 0 aromatic heterocycles.